The zero-order valence-corrected chi connectivity index (χ0v) is 17.2. The van der Waals surface area contributed by atoms with E-state index in [1.807, 2.05) is 32.2 Å². The second-order valence-corrected chi connectivity index (χ2v) is 5.81. The van der Waals surface area contributed by atoms with E-state index in [1.54, 1.807) is 7.05 Å². The molecular formula is C17H25IN6O. The highest BCUT2D eigenvalue weighted by Gasteiger charge is 2.20. The first-order valence-corrected chi connectivity index (χ1v) is 8.22. The normalized spacial score (nSPS) is 15.1. The van der Waals surface area contributed by atoms with Crippen molar-refractivity contribution >= 4 is 35.8 Å². The van der Waals surface area contributed by atoms with Crippen LogP contribution < -0.4 is 10.2 Å². The summed E-state index contributed by atoms with van der Waals surface area (Å²) in [4.78, 5) is 17.7. The average Bonchev–Trinajstić information content (AvgIpc) is 2.95. The molecule has 0 amide bonds. The monoisotopic (exact) mass is 456 g/mol. The van der Waals surface area contributed by atoms with Crippen LogP contribution in [0.25, 0.3) is 0 Å². The van der Waals surface area contributed by atoms with E-state index in [-0.39, 0.29) is 24.0 Å². The van der Waals surface area contributed by atoms with Crippen molar-refractivity contribution in [1.29, 1.82) is 0 Å². The summed E-state index contributed by atoms with van der Waals surface area (Å²) in [5, 5.41) is 3.34. The number of nitrogens with zero attached hydrogens (tertiary/aromatic N) is 5. The summed E-state index contributed by atoms with van der Waals surface area (Å²) >= 11 is 0. The molecule has 1 aliphatic heterocycles. The summed E-state index contributed by atoms with van der Waals surface area (Å²) in [6.07, 6.45) is 1.84. The molecule has 1 saturated heterocycles. The Hall–Kier alpha value is -1.84. The van der Waals surface area contributed by atoms with Crippen molar-refractivity contribution in [3.63, 3.8) is 0 Å². The fourth-order valence-corrected chi connectivity index (χ4v) is 2.79. The number of aromatic nitrogens is 2. The molecular weight excluding hydrogens is 431 g/mol. The van der Waals surface area contributed by atoms with Gasteiger partial charge < -0.3 is 19.5 Å². The second-order valence-electron chi connectivity index (χ2n) is 5.81. The van der Waals surface area contributed by atoms with Crippen molar-refractivity contribution in [1.82, 2.24) is 20.2 Å². The van der Waals surface area contributed by atoms with E-state index >= 15 is 0 Å². The highest BCUT2D eigenvalue weighted by Crippen LogP contribution is 2.13. The molecule has 2 aromatic heterocycles. The number of rotatable bonds is 3. The van der Waals surface area contributed by atoms with E-state index in [0.29, 0.717) is 12.4 Å². The smallest absolute Gasteiger partial charge is 0.214 e. The number of hydrogen-bond donors (Lipinski definition) is 1. The van der Waals surface area contributed by atoms with Gasteiger partial charge >= 0.3 is 0 Å². The standard InChI is InChI=1S/C17H24N6O.HI/c1-13-14(2)24-16(21-13)12-20-17(18-3)23-10-8-22(9-11-23)15-6-4-5-7-19-15;/h4-7H,8-12H2,1-3H3,(H,18,20);1H. The van der Waals surface area contributed by atoms with Crippen molar-refractivity contribution in [2.24, 2.45) is 4.99 Å². The molecule has 0 aromatic carbocycles. The van der Waals surface area contributed by atoms with E-state index in [2.05, 4.69) is 36.1 Å². The third kappa shape index (κ3) is 4.83. The summed E-state index contributed by atoms with van der Waals surface area (Å²) < 4.78 is 5.61. The van der Waals surface area contributed by atoms with Gasteiger partial charge in [-0.1, -0.05) is 6.07 Å². The van der Waals surface area contributed by atoms with Gasteiger partial charge in [0, 0.05) is 39.4 Å². The number of anilines is 1. The Morgan fingerprint density at radius 1 is 1.24 bits per heavy atom. The third-order valence-corrected chi connectivity index (χ3v) is 4.23. The molecule has 0 radical (unpaired) electrons. The summed E-state index contributed by atoms with van der Waals surface area (Å²) in [6.45, 7) is 8.08. The predicted molar refractivity (Wildman–Crippen MR) is 110 cm³/mol. The first-order chi connectivity index (χ1) is 11.7. The number of aliphatic imine (C=N–C) groups is 1. The molecule has 25 heavy (non-hydrogen) atoms. The van der Waals surface area contributed by atoms with Gasteiger partial charge in [-0.15, -0.1) is 24.0 Å². The van der Waals surface area contributed by atoms with Crippen LogP contribution in [0.3, 0.4) is 0 Å². The molecule has 2 aromatic rings. The molecule has 0 unspecified atom stereocenters. The maximum atomic E-state index is 5.61. The lowest BCUT2D eigenvalue weighted by atomic mass is 10.3. The van der Waals surface area contributed by atoms with Gasteiger partial charge in [0.2, 0.25) is 5.89 Å². The fourth-order valence-electron chi connectivity index (χ4n) is 2.79. The number of hydrogen-bond acceptors (Lipinski definition) is 5. The molecule has 0 bridgehead atoms. The van der Waals surface area contributed by atoms with E-state index in [1.165, 1.54) is 0 Å². The summed E-state index contributed by atoms with van der Waals surface area (Å²) in [6, 6.07) is 6.02. The van der Waals surface area contributed by atoms with E-state index < -0.39 is 0 Å². The molecule has 0 saturated carbocycles. The predicted octanol–water partition coefficient (Wildman–Crippen LogP) is 2.20. The van der Waals surface area contributed by atoms with Crippen molar-refractivity contribution in [2.45, 2.75) is 20.4 Å². The van der Waals surface area contributed by atoms with Crippen LogP contribution in [0.2, 0.25) is 0 Å². The number of oxazole rings is 1. The Morgan fingerprint density at radius 3 is 2.56 bits per heavy atom. The molecule has 0 atom stereocenters. The zero-order valence-electron chi connectivity index (χ0n) is 14.9. The van der Waals surface area contributed by atoms with Gasteiger partial charge in [0.1, 0.15) is 11.6 Å². The highest BCUT2D eigenvalue weighted by molar-refractivity contribution is 14.0. The molecule has 8 heteroatoms. The Labute approximate surface area is 165 Å². The van der Waals surface area contributed by atoms with Crippen LogP contribution in [-0.4, -0.2) is 54.1 Å². The topological polar surface area (TPSA) is 69.8 Å². The number of aryl methyl sites for hydroxylation is 2. The number of halogens is 1. The lowest BCUT2D eigenvalue weighted by molar-refractivity contribution is 0.367. The highest BCUT2D eigenvalue weighted by atomic mass is 127. The number of piperazine rings is 1. The molecule has 1 aliphatic rings. The van der Waals surface area contributed by atoms with Crippen LogP contribution in [0.5, 0.6) is 0 Å². The average molecular weight is 456 g/mol. The Kier molecular flexibility index (Phi) is 7.03. The first kappa shape index (κ1) is 19.5. The molecule has 3 rings (SSSR count). The molecule has 0 aliphatic carbocycles. The minimum atomic E-state index is 0. The summed E-state index contributed by atoms with van der Waals surface area (Å²) in [5.41, 5.74) is 0.936. The van der Waals surface area contributed by atoms with Gasteiger partial charge in [-0.05, 0) is 26.0 Å². The molecule has 136 valence electrons. The fraction of sp³-hybridized carbons (Fsp3) is 0.471. The van der Waals surface area contributed by atoms with Crippen molar-refractivity contribution in [3.05, 3.63) is 41.7 Å². The van der Waals surface area contributed by atoms with Crippen LogP contribution in [0.4, 0.5) is 5.82 Å². The van der Waals surface area contributed by atoms with Crippen molar-refractivity contribution < 1.29 is 4.42 Å². The van der Waals surface area contributed by atoms with Gasteiger partial charge in [-0.25, -0.2) is 9.97 Å². The Bertz CT molecular complexity index is 675. The maximum absolute atomic E-state index is 5.61. The van der Waals surface area contributed by atoms with Gasteiger partial charge in [0.05, 0.1) is 12.2 Å². The van der Waals surface area contributed by atoms with Crippen molar-refractivity contribution in [2.75, 3.05) is 38.1 Å². The van der Waals surface area contributed by atoms with Crippen LogP contribution >= 0.6 is 24.0 Å². The number of nitrogens with one attached hydrogen (secondary N) is 1. The van der Waals surface area contributed by atoms with E-state index in [9.17, 15) is 0 Å². The maximum Gasteiger partial charge on any atom is 0.214 e. The van der Waals surface area contributed by atoms with Gasteiger partial charge in [-0.3, -0.25) is 4.99 Å². The van der Waals surface area contributed by atoms with E-state index in [0.717, 1.165) is 49.4 Å². The Morgan fingerprint density at radius 2 is 2.00 bits per heavy atom. The Balaban J connectivity index is 0.00000225. The zero-order chi connectivity index (χ0) is 16.9. The van der Waals surface area contributed by atoms with Crippen LogP contribution in [-0.2, 0) is 6.54 Å². The van der Waals surface area contributed by atoms with E-state index in [4.69, 9.17) is 4.42 Å². The largest absolute Gasteiger partial charge is 0.444 e. The van der Waals surface area contributed by atoms with Gasteiger partial charge in [0.25, 0.3) is 0 Å². The minimum Gasteiger partial charge on any atom is -0.444 e. The summed E-state index contributed by atoms with van der Waals surface area (Å²) in [7, 11) is 1.81. The number of pyridine rings is 1. The van der Waals surface area contributed by atoms with Gasteiger partial charge in [-0.2, -0.15) is 0 Å². The second kappa shape index (κ2) is 9.02. The lowest BCUT2D eigenvalue weighted by Crippen LogP contribution is -2.52. The minimum absolute atomic E-state index is 0. The lowest BCUT2D eigenvalue weighted by Gasteiger charge is -2.36. The quantitative estimate of drug-likeness (QED) is 0.434. The molecule has 0 spiro atoms. The van der Waals surface area contributed by atoms with Crippen molar-refractivity contribution in [3.8, 4) is 0 Å². The van der Waals surface area contributed by atoms with Crippen LogP contribution in [0.15, 0.2) is 33.8 Å². The summed E-state index contributed by atoms with van der Waals surface area (Å²) in [5.74, 6) is 3.47. The van der Waals surface area contributed by atoms with Gasteiger partial charge in [0.15, 0.2) is 5.96 Å². The van der Waals surface area contributed by atoms with Crippen LogP contribution in [0, 0.1) is 13.8 Å². The SMILES string of the molecule is CN=C(NCc1nc(C)c(C)o1)N1CCN(c2ccccn2)CC1.I. The first-order valence-electron chi connectivity index (χ1n) is 8.22. The molecule has 7 nitrogen and oxygen atoms in total. The van der Waals surface area contributed by atoms with Crippen LogP contribution in [0.1, 0.15) is 17.3 Å². The molecule has 3 heterocycles. The third-order valence-electron chi connectivity index (χ3n) is 4.23. The number of guanidine groups is 1. The molecule has 1 N–H and O–H groups in total. The molecule has 1 fully saturated rings.